The zero-order valence-electron chi connectivity index (χ0n) is 71.7. The minimum atomic E-state index is 0.566. The number of nitrogen functional groups attached to an aromatic ring is 5. The summed E-state index contributed by atoms with van der Waals surface area (Å²) in [5.41, 5.74) is 85.1. The van der Waals surface area contributed by atoms with Crippen LogP contribution in [0, 0.1) is 0 Å². The third-order valence-electron chi connectivity index (χ3n) is 22.7. The maximum Gasteiger partial charge on any atom is 0.127 e. The van der Waals surface area contributed by atoms with Crippen LogP contribution in [0.4, 0.5) is 29.1 Å². The van der Waals surface area contributed by atoms with Gasteiger partial charge in [-0.1, -0.05) is 263 Å². The summed E-state index contributed by atoms with van der Waals surface area (Å²) in [5, 5.41) is 6.17. The minimum Gasteiger partial charge on any atom is -0.383 e. The first-order valence-corrected chi connectivity index (χ1v) is 44.3. The van der Waals surface area contributed by atoms with Crippen molar-refractivity contribution in [3.8, 4) is 0 Å². The number of pyridine rings is 5. The van der Waals surface area contributed by atoms with Crippen molar-refractivity contribution in [2.75, 3.05) is 41.8 Å². The van der Waals surface area contributed by atoms with Crippen molar-refractivity contribution in [1.29, 1.82) is 0 Å². The summed E-state index contributed by atoms with van der Waals surface area (Å²) in [5.74, 6) is 3.48. The average molecular weight is 1590 g/mol. The predicted octanol–water partition coefficient (Wildman–Crippen LogP) is 21.8. The lowest BCUT2D eigenvalue weighted by atomic mass is 9.92. The van der Waals surface area contributed by atoms with E-state index in [1.54, 1.807) is 0 Å². The Morgan fingerprint density at radius 1 is 0.212 bits per heavy atom. The summed E-state index contributed by atoms with van der Waals surface area (Å²) in [6, 6.07) is 67.4. The van der Waals surface area contributed by atoms with Crippen LogP contribution >= 0.6 is 0 Å². The summed E-state index contributed by atoms with van der Waals surface area (Å²) in [4.78, 5) is 23.2. The van der Waals surface area contributed by atoms with Crippen molar-refractivity contribution < 1.29 is 0 Å². The Balaban J connectivity index is 0.000000169. The minimum absolute atomic E-state index is 0.566. The van der Waals surface area contributed by atoms with E-state index in [4.69, 9.17) is 57.3 Å². The highest BCUT2D eigenvalue weighted by molar-refractivity contribution is 5.89. The van der Waals surface area contributed by atoms with Crippen LogP contribution in [0.3, 0.4) is 0 Å². The predicted molar refractivity (Wildman–Crippen MR) is 507 cm³/mol. The van der Waals surface area contributed by atoms with Crippen LogP contribution in [0.1, 0.15) is 252 Å². The quantitative estimate of drug-likeness (QED) is 0.0161. The van der Waals surface area contributed by atoms with E-state index in [2.05, 4.69) is 205 Å². The Labute approximate surface area is 704 Å². The molecule has 0 unspecified atom stereocenters. The summed E-state index contributed by atoms with van der Waals surface area (Å²) >= 11 is 0. The first-order valence-electron chi connectivity index (χ1n) is 44.3. The second kappa shape index (κ2) is 49.7. The van der Waals surface area contributed by atoms with Crippen molar-refractivity contribution >= 4 is 83.6 Å². The molecule has 5 aromatic heterocycles. The van der Waals surface area contributed by atoms with E-state index in [0.717, 1.165) is 160 Å². The third-order valence-corrected chi connectivity index (χ3v) is 22.7. The van der Waals surface area contributed by atoms with Gasteiger partial charge in [-0.25, -0.2) is 24.9 Å². The summed E-state index contributed by atoms with van der Waals surface area (Å²) in [7, 11) is 0. The number of nitrogens with zero attached hydrogens (tertiary/aromatic N) is 5. The molecule has 118 heavy (non-hydrogen) atoms. The monoisotopic (exact) mass is 1580 g/mol. The Morgan fingerprint density at radius 3 is 0.915 bits per heavy atom. The van der Waals surface area contributed by atoms with Gasteiger partial charge in [0.25, 0.3) is 0 Å². The van der Waals surface area contributed by atoms with E-state index in [1.165, 1.54) is 195 Å². The Kier molecular flexibility index (Phi) is 38.6. The highest BCUT2D eigenvalue weighted by Crippen LogP contribution is 2.35. The third kappa shape index (κ3) is 26.8. The Morgan fingerprint density at radius 2 is 0.508 bits per heavy atom. The molecule has 0 amide bonds. The molecule has 15 nitrogen and oxygen atoms in total. The Hall–Kier alpha value is -10.4. The number of anilines is 5. The number of benzene rings is 8. The molecule has 15 heteroatoms. The molecule has 624 valence electrons. The number of unbranched alkanes of at least 4 members (excludes halogenated alkanes) is 13. The van der Waals surface area contributed by atoms with Gasteiger partial charge in [-0.05, 0) is 260 Å². The fourth-order valence-corrected chi connectivity index (χ4v) is 16.1. The summed E-state index contributed by atoms with van der Waals surface area (Å²) in [6.07, 6.45) is 33.5. The van der Waals surface area contributed by atoms with Crippen molar-refractivity contribution in [3.05, 3.63) is 283 Å². The molecule has 20 N–H and O–H groups in total. The number of aromatic nitrogens is 5. The fraction of sp³-hybridized carbons (Fsp3) is 0.388. The van der Waals surface area contributed by atoms with Gasteiger partial charge in [0.1, 0.15) is 29.1 Å². The maximum absolute atomic E-state index is 6.35. The number of hydrogen-bond donors (Lipinski definition) is 10. The second-order valence-corrected chi connectivity index (χ2v) is 31.6. The molecule has 0 spiro atoms. The number of aryl methyl sites for hydroxylation is 3. The van der Waals surface area contributed by atoms with Gasteiger partial charge >= 0.3 is 0 Å². The summed E-state index contributed by atoms with van der Waals surface area (Å²) < 4.78 is 0. The lowest BCUT2D eigenvalue weighted by molar-refractivity contribution is 0.678. The van der Waals surface area contributed by atoms with E-state index < -0.39 is 0 Å². The number of fused-ring (bicyclic) bond motifs is 5. The number of para-hydroxylation sites is 4. The standard InChI is InChI=1S/3C22H27N3.C19H29N3.C18H27N3/c1-2-3-4-9-19-14-20-18(10-6-11-21(20)25-22(19)24)13-16-7-5-8-17(12-16)15-23;1-2-3-4-11-19-20(14-16-8-7-9-17(13-16)15-23)18-10-5-6-12-21(18)25-22(19)24;1-2-3-4-8-19-20(14-16-10-12-17(15-23)13-11-16)18-7-5-6-9-21(18)25-22(19)24;1-2-3-5-12-17-15(10-6-4-9-14-20)16-11-7-8-13-18(16)22-19(17)21;1-2-3-4-11-16-14(9-7-8-13-19)15-10-5-6-12-17(15)21-18(16)20/h5-8,10-12,14H,2-4,9,13,15,23H2,1H3,(H2,24,25);5-10,12-13H,2-4,11,14-15,23H2,1H3,(H2,24,25);5-7,9-13H,2-4,8,14-15,23H2,1H3,(H2,24,25);7-8,11,13H,2-6,9-10,12,14,20H2,1H3,(H2,21,22);5-6,10,12H,2-4,7-9,11,13,19H2,1H3,(H2,20,21). The molecule has 13 rings (SSSR count). The van der Waals surface area contributed by atoms with E-state index in [0.29, 0.717) is 42.9 Å². The van der Waals surface area contributed by atoms with Gasteiger partial charge in [-0.3, -0.25) is 0 Å². The van der Waals surface area contributed by atoms with Gasteiger partial charge < -0.3 is 57.3 Å². The van der Waals surface area contributed by atoms with Gasteiger partial charge in [0.05, 0.1) is 27.6 Å². The van der Waals surface area contributed by atoms with Crippen LogP contribution < -0.4 is 57.3 Å². The molecule has 0 aliphatic heterocycles. The number of nitrogens with two attached hydrogens (primary N) is 10. The first-order chi connectivity index (χ1) is 57.7. The highest BCUT2D eigenvalue weighted by Gasteiger charge is 2.19. The van der Waals surface area contributed by atoms with E-state index in [-0.39, 0.29) is 0 Å². The molecule has 0 bridgehead atoms. The van der Waals surface area contributed by atoms with Gasteiger partial charge in [0, 0.05) is 46.6 Å². The molecule has 0 aliphatic carbocycles. The van der Waals surface area contributed by atoms with Crippen LogP contribution in [-0.4, -0.2) is 38.0 Å². The number of hydrogen-bond acceptors (Lipinski definition) is 15. The molecule has 0 aliphatic rings. The van der Waals surface area contributed by atoms with Crippen LogP contribution in [0.2, 0.25) is 0 Å². The molecule has 8 aromatic carbocycles. The molecule has 0 fully saturated rings. The Bertz CT molecular complexity index is 5190. The van der Waals surface area contributed by atoms with Gasteiger partial charge in [0.2, 0.25) is 0 Å². The van der Waals surface area contributed by atoms with Crippen LogP contribution in [0.15, 0.2) is 194 Å². The molecular weight excluding hydrogens is 1450 g/mol. The molecule has 0 atom stereocenters. The van der Waals surface area contributed by atoms with E-state index in [1.807, 2.05) is 48.5 Å². The van der Waals surface area contributed by atoms with Crippen LogP contribution in [-0.2, 0) is 83.8 Å². The smallest absolute Gasteiger partial charge is 0.127 e. The molecule has 0 saturated heterocycles. The van der Waals surface area contributed by atoms with Crippen molar-refractivity contribution in [1.82, 2.24) is 24.9 Å². The lowest BCUT2D eigenvalue weighted by Gasteiger charge is -2.16. The van der Waals surface area contributed by atoms with Gasteiger partial charge in [0.15, 0.2) is 0 Å². The highest BCUT2D eigenvalue weighted by atomic mass is 14.9. The first kappa shape index (κ1) is 91.5. The molecule has 0 saturated carbocycles. The normalized spacial score (nSPS) is 11.1. The summed E-state index contributed by atoms with van der Waals surface area (Å²) in [6.45, 7) is 14.4. The van der Waals surface area contributed by atoms with E-state index >= 15 is 0 Å². The van der Waals surface area contributed by atoms with Crippen molar-refractivity contribution in [2.45, 2.75) is 247 Å². The average Bonchev–Trinajstić information content (AvgIpc) is 0.767. The van der Waals surface area contributed by atoms with Crippen LogP contribution in [0.25, 0.3) is 54.5 Å². The molecular formula is C103H137N15. The van der Waals surface area contributed by atoms with Crippen LogP contribution in [0.5, 0.6) is 0 Å². The largest absolute Gasteiger partial charge is 0.383 e. The zero-order chi connectivity index (χ0) is 83.8. The topological polar surface area (TPSA) is 325 Å². The fourth-order valence-electron chi connectivity index (χ4n) is 16.1. The van der Waals surface area contributed by atoms with Crippen molar-refractivity contribution in [3.63, 3.8) is 0 Å². The maximum atomic E-state index is 6.35. The van der Waals surface area contributed by atoms with Crippen molar-refractivity contribution in [2.24, 2.45) is 28.7 Å². The second-order valence-electron chi connectivity index (χ2n) is 31.6. The zero-order valence-corrected chi connectivity index (χ0v) is 71.7. The van der Waals surface area contributed by atoms with Gasteiger partial charge in [-0.2, -0.15) is 0 Å². The number of rotatable bonds is 38. The lowest BCUT2D eigenvalue weighted by Crippen LogP contribution is -2.06. The molecule has 0 radical (unpaired) electrons. The molecule has 13 aromatic rings. The SMILES string of the molecule is CCCCCc1c(N)nc2ccccc2c1CCCCCN.CCCCCc1c(N)nc2ccccc2c1CCCCN.CCCCCc1c(N)nc2ccccc2c1Cc1ccc(CN)cc1.CCCCCc1c(N)nc2ccccc2c1Cc1cccc(CN)c1.CCCCCc1cc2c(Cc3cccc(CN)c3)cccc2nc1N. The molecule has 5 heterocycles. The van der Waals surface area contributed by atoms with E-state index in [9.17, 15) is 0 Å². The van der Waals surface area contributed by atoms with Gasteiger partial charge in [-0.15, -0.1) is 0 Å².